The van der Waals surface area contributed by atoms with Gasteiger partial charge in [0, 0.05) is 22.8 Å². The molecular formula is C31H40ClN3O4SSi. The van der Waals surface area contributed by atoms with Crippen LogP contribution in [0.4, 0.5) is 0 Å². The highest BCUT2D eigenvalue weighted by molar-refractivity contribution is 7.17. The summed E-state index contributed by atoms with van der Waals surface area (Å²) in [7, 11) is -2.02. The van der Waals surface area contributed by atoms with Gasteiger partial charge in [-0.25, -0.2) is 4.98 Å². The molecule has 0 fully saturated rings. The lowest BCUT2D eigenvalue weighted by Crippen LogP contribution is -2.47. The number of amides is 1. The van der Waals surface area contributed by atoms with E-state index in [-0.39, 0.29) is 6.61 Å². The van der Waals surface area contributed by atoms with Gasteiger partial charge in [0.25, 0.3) is 5.91 Å². The highest BCUT2D eigenvalue weighted by atomic mass is 35.5. The summed E-state index contributed by atoms with van der Waals surface area (Å²) < 4.78 is 15.1. The fraction of sp³-hybridized carbons (Fsp3) is 0.419. The topological polar surface area (TPSA) is 99.1 Å². The number of carbonyl (C=O) groups is 1. The van der Waals surface area contributed by atoms with Gasteiger partial charge in [0.2, 0.25) is 8.32 Å². The summed E-state index contributed by atoms with van der Waals surface area (Å²) in [5, 5.41) is 9.87. The number of fused-ring (bicyclic) bond motifs is 1. The quantitative estimate of drug-likeness (QED) is 0.157. The molecule has 0 aliphatic rings. The molecule has 0 bridgehead atoms. The van der Waals surface area contributed by atoms with Crippen LogP contribution < -0.4 is 10.5 Å². The highest BCUT2D eigenvalue weighted by Crippen LogP contribution is 2.43. The number of aliphatic hydroxyl groups is 1. The van der Waals surface area contributed by atoms with Crippen LogP contribution in [0.5, 0.6) is 5.75 Å². The molecule has 0 spiro atoms. The zero-order chi connectivity index (χ0) is 30.1. The molecule has 3 N–H and O–H groups in total. The van der Waals surface area contributed by atoms with Gasteiger partial charge in [0.1, 0.15) is 22.4 Å². The van der Waals surface area contributed by atoms with Crippen LogP contribution in [0, 0.1) is 0 Å². The van der Waals surface area contributed by atoms with Crippen LogP contribution in [0.3, 0.4) is 0 Å². The molecule has 4 rings (SSSR count). The van der Waals surface area contributed by atoms with Crippen molar-refractivity contribution < 1.29 is 19.1 Å². The minimum atomic E-state index is -2.02. The lowest BCUT2D eigenvalue weighted by Gasteiger charge is -2.42. The van der Waals surface area contributed by atoms with E-state index in [9.17, 15) is 9.90 Å². The minimum Gasteiger partial charge on any atom is -0.484 e. The number of halogens is 1. The monoisotopic (exact) mass is 613 g/mol. The number of aliphatic hydroxyl groups excluding tert-OH is 1. The fourth-order valence-corrected chi connectivity index (χ4v) is 12.7. The molecular weight excluding hydrogens is 574 g/mol. The maximum atomic E-state index is 12.4. The summed E-state index contributed by atoms with van der Waals surface area (Å²) in [4.78, 5) is 18.1. The van der Waals surface area contributed by atoms with E-state index < -0.39 is 20.3 Å². The summed E-state index contributed by atoms with van der Waals surface area (Å²) in [6.45, 7) is 16.0. The Morgan fingerprint density at radius 2 is 1.71 bits per heavy atom. The van der Waals surface area contributed by atoms with Crippen molar-refractivity contribution in [1.29, 1.82) is 0 Å². The first-order valence-corrected chi connectivity index (χ1v) is 17.3. The molecule has 0 saturated carbocycles. The lowest BCUT2D eigenvalue weighted by molar-refractivity contribution is 0.0998. The lowest BCUT2D eigenvalue weighted by atomic mass is 10.1. The largest absolute Gasteiger partial charge is 0.484 e. The first kappa shape index (κ1) is 31.2. The van der Waals surface area contributed by atoms with E-state index in [0.29, 0.717) is 44.4 Å². The van der Waals surface area contributed by atoms with Crippen LogP contribution in [0.2, 0.25) is 21.6 Å². The third kappa shape index (κ3) is 6.24. The van der Waals surface area contributed by atoms with Crippen molar-refractivity contribution in [3.8, 4) is 16.3 Å². The number of imidazole rings is 1. The zero-order valence-electron chi connectivity index (χ0n) is 24.8. The van der Waals surface area contributed by atoms with Crippen LogP contribution >= 0.6 is 22.9 Å². The molecule has 10 heteroatoms. The van der Waals surface area contributed by atoms with E-state index in [2.05, 4.69) is 58.8 Å². The molecule has 41 heavy (non-hydrogen) atoms. The second-order valence-electron chi connectivity index (χ2n) is 11.5. The van der Waals surface area contributed by atoms with Gasteiger partial charge in [-0.05, 0) is 46.8 Å². The summed E-state index contributed by atoms with van der Waals surface area (Å²) in [6.07, 6.45) is 3.41. The molecule has 0 aliphatic carbocycles. The van der Waals surface area contributed by atoms with Crippen molar-refractivity contribution in [2.24, 2.45) is 5.73 Å². The van der Waals surface area contributed by atoms with Gasteiger partial charge in [-0.3, -0.25) is 9.20 Å². The number of carbonyl (C=O) groups excluding carboxylic acids is 1. The number of rotatable bonds is 12. The van der Waals surface area contributed by atoms with Gasteiger partial charge in [-0.2, -0.15) is 0 Å². The number of hydrogen-bond acceptors (Lipinski definition) is 6. The third-order valence-electron chi connectivity index (χ3n) is 7.93. The van der Waals surface area contributed by atoms with Crippen LogP contribution in [-0.4, -0.2) is 28.7 Å². The van der Waals surface area contributed by atoms with E-state index >= 15 is 0 Å². The van der Waals surface area contributed by atoms with Gasteiger partial charge in [-0.15, -0.1) is 11.3 Å². The van der Waals surface area contributed by atoms with Crippen molar-refractivity contribution in [3.05, 3.63) is 75.4 Å². The molecule has 1 aromatic carbocycles. The average Bonchev–Trinajstić information content (AvgIpc) is 3.52. The number of aromatic nitrogens is 2. The standard InChI is InChI=1S/C31H40ClN3O4SSi/c1-18(2)41(19(3)4,20(5)6)38-17-23-9-11-29-34-14-26(35(29)15-23)28-13-27(30(40-28)31(33)37)39-21(7)24-10-8-22(16-36)12-25(24)32/h8-15,18-21,36H,16-17H2,1-7H3,(H2,33,37)/t21-/m1/s1. The molecule has 1 amide bonds. The van der Waals surface area contributed by atoms with Crippen molar-refractivity contribution >= 4 is 42.8 Å². The Bertz CT molecular complexity index is 1510. The molecule has 7 nitrogen and oxygen atoms in total. The van der Waals surface area contributed by atoms with Gasteiger partial charge in [0.15, 0.2) is 0 Å². The van der Waals surface area contributed by atoms with Gasteiger partial charge < -0.3 is 20.0 Å². The molecule has 220 valence electrons. The Hall–Kier alpha value is -2.69. The number of nitrogens with zero attached hydrogens (tertiary/aromatic N) is 2. The average molecular weight is 614 g/mol. The van der Waals surface area contributed by atoms with Crippen molar-refractivity contribution in [3.63, 3.8) is 0 Å². The first-order valence-electron chi connectivity index (χ1n) is 14.0. The maximum Gasteiger partial charge on any atom is 0.262 e. The van der Waals surface area contributed by atoms with E-state index in [1.54, 1.807) is 18.3 Å². The number of primary amides is 1. The molecule has 4 aromatic rings. The number of thiophene rings is 1. The molecule has 0 aliphatic heterocycles. The number of pyridine rings is 1. The Morgan fingerprint density at radius 1 is 1.05 bits per heavy atom. The van der Waals surface area contributed by atoms with Gasteiger partial charge >= 0.3 is 0 Å². The normalized spacial score (nSPS) is 13.1. The first-order chi connectivity index (χ1) is 19.4. The Balaban J connectivity index is 1.65. The zero-order valence-corrected chi connectivity index (χ0v) is 27.3. The predicted octanol–water partition coefficient (Wildman–Crippen LogP) is 8.14. The van der Waals surface area contributed by atoms with Crippen molar-refractivity contribution in [2.45, 2.75) is 84.4 Å². The molecule has 3 aromatic heterocycles. The second kappa shape index (κ2) is 12.7. The number of benzene rings is 1. The van der Waals surface area contributed by atoms with Crippen LogP contribution in [0.25, 0.3) is 16.2 Å². The van der Waals surface area contributed by atoms with E-state index in [1.165, 1.54) is 11.3 Å². The van der Waals surface area contributed by atoms with Crippen LogP contribution in [0.1, 0.15) is 80.9 Å². The fourth-order valence-electron chi connectivity index (χ4n) is 6.01. The third-order valence-corrected chi connectivity index (χ3v) is 15.5. The van der Waals surface area contributed by atoms with E-state index in [4.69, 9.17) is 26.5 Å². The number of hydrogen-bond donors (Lipinski definition) is 2. The number of nitrogens with two attached hydrogens (primary N) is 1. The Morgan fingerprint density at radius 3 is 2.29 bits per heavy atom. The minimum absolute atomic E-state index is 0.0991. The molecule has 3 heterocycles. The molecule has 1 atom stereocenters. The second-order valence-corrected chi connectivity index (χ2v) is 18.4. The smallest absolute Gasteiger partial charge is 0.262 e. The summed E-state index contributed by atoms with van der Waals surface area (Å²) >= 11 is 7.72. The Labute approximate surface area is 252 Å². The van der Waals surface area contributed by atoms with Gasteiger partial charge in [0.05, 0.1) is 30.0 Å². The van der Waals surface area contributed by atoms with Crippen molar-refractivity contribution in [1.82, 2.24) is 9.38 Å². The van der Waals surface area contributed by atoms with E-state index in [0.717, 1.165) is 27.3 Å². The Kier molecular flexibility index (Phi) is 9.65. The summed E-state index contributed by atoms with van der Waals surface area (Å²) in [6, 6.07) is 11.2. The summed E-state index contributed by atoms with van der Waals surface area (Å²) in [5.74, 6) is -0.172. The summed E-state index contributed by atoms with van der Waals surface area (Å²) in [5.41, 5.74) is 11.4. The molecule has 0 saturated heterocycles. The SMILES string of the molecule is CC(C)[Si](OCc1ccc2ncc(-c3cc(O[C@H](C)c4ccc(CO)cc4Cl)c(C(N)=O)s3)n2c1)(C(C)C)C(C)C. The van der Waals surface area contributed by atoms with Crippen molar-refractivity contribution in [2.75, 3.05) is 0 Å². The van der Waals surface area contributed by atoms with Crippen LogP contribution in [0.15, 0.2) is 48.8 Å². The molecule has 0 radical (unpaired) electrons. The maximum absolute atomic E-state index is 12.4. The van der Waals surface area contributed by atoms with Gasteiger partial charge in [-0.1, -0.05) is 71.3 Å². The number of ether oxygens (including phenoxy) is 1. The van der Waals surface area contributed by atoms with Crippen LogP contribution in [-0.2, 0) is 17.6 Å². The highest BCUT2D eigenvalue weighted by Gasteiger charge is 2.45. The molecule has 0 unspecified atom stereocenters. The predicted molar refractivity (Wildman–Crippen MR) is 169 cm³/mol. The van der Waals surface area contributed by atoms with E-state index in [1.807, 2.05) is 29.5 Å².